The van der Waals surface area contributed by atoms with Crippen LogP contribution in [0.2, 0.25) is 5.22 Å². The first-order chi connectivity index (χ1) is 7.63. The van der Waals surface area contributed by atoms with Crippen molar-refractivity contribution in [2.45, 2.75) is 19.8 Å². The van der Waals surface area contributed by atoms with E-state index >= 15 is 0 Å². The van der Waals surface area contributed by atoms with Gasteiger partial charge in [0, 0.05) is 12.6 Å². The second-order valence-electron chi connectivity index (χ2n) is 3.69. The molecule has 0 aliphatic heterocycles. The van der Waals surface area contributed by atoms with Crippen LogP contribution < -0.4 is 5.73 Å². The molecule has 2 N–H and O–H groups in total. The SMILES string of the molecule is CCCc1c(-c2ccc(Cl)o2)nn(C)c1N. The number of rotatable bonds is 3. The number of anilines is 1. The van der Waals surface area contributed by atoms with E-state index in [9.17, 15) is 0 Å². The van der Waals surface area contributed by atoms with E-state index in [1.54, 1.807) is 10.7 Å². The second-order valence-corrected chi connectivity index (χ2v) is 4.06. The minimum absolute atomic E-state index is 0.363. The van der Waals surface area contributed by atoms with E-state index in [4.69, 9.17) is 21.8 Å². The van der Waals surface area contributed by atoms with Crippen molar-refractivity contribution in [3.05, 3.63) is 22.9 Å². The van der Waals surface area contributed by atoms with Gasteiger partial charge in [0.2, 0.25) is 0 Å². The first-order valence-electron chi connectivity index (χ1n) is 5.20. The monoisotopic (exact) mass is 239 g/mol. The predicted octanol–water partition coefficient (Wildman–Crippen LogP) is 2.87. The standard InChI is InChI=1S/C11H14ClN3O/c1-3-4-7-10(14-15(2)11(7)13)8-5-6-9(12)16-8/h5-6H,3-4,13H2,1-2H3. The summed E-state index contributed by atoms with van der Waals surface area (Å²) in [6.45, 7) is 2.10. The van der Waals surface area contributed by atoms with Crippen molar-refractivity contribution < 1.29 is 4.42 Å². The maximum atomic E-state index is 5.96. The number of nitrogens with zero attached hydrogens (tertiary/aromatic N) is 2. The van der Waals surface area contributed by atoms with Crippen LogP contribution in [0, 0.1) is 0 Å². The molecule has 0 aliphatic rings. The molecule has 0 amide bonds. The molecule has 0 aliphatic carbocycles. The zero-order valence-corrected chi connectivity index (χ0v) is 10.1. The number of hydrogen-bond donors (Lipinski definition) is 1. The van der Waals surface area contributed by atoms with Gasteiger partial charge in [-0.1, -0.05) is 13.3 Å². The molecule has 4 nitrogen and oxygen atoms in total. The number of aryl methyl sites for hydroxylation is 1. The van der Waals surface area contributed by atoms with Crippen molar-refractivity contribution in [3.63, 3.8) is 0 Å². The Hall–Kier alpha value is -1.42. The van der Waals surface area contributed by atoms with Gasteiger partial charge in [-0.2, -0.15) is 5.10 Å². The van der Waals surface area contributed by atoms with Crippen LogP contribution in [0.25, 0.3) is 11.5 Å². The zero-order valence-electron chi connectivity index (χ0n) is 9.33. The fourth-order valence-corrected chi connectivity index (χ4v) is 1.86. The summed E-state index contributed by atoms with van der Waals surface area (Å²) in [5, 5.41) is 4.71. The van der Waals surface area contributed by atoms with E-state index in [2.05, 4.69) is 12.0 Å². The Kier molecular flexibility index (Phi) is 2.92. The van der Waals surface area contributed by atoms with E-state index in [1.807, 2.05) is 13.1 Å². The first kappa shape index (κ1) is 11.1. The molecule has 0 atom stereocenters. The Morgan fingerprint density at radius 1 is 1.50 bits per heavy atom. The molecule has 0 spiro atoms. The third kappa shape index (κ3) is 1.80. The van der Waals surface area contributed by atoms with E-state index in [-0.39, 0.29) is 0 Å². The third-order valence-electron chi connectivity index (χ3n) is 2.50. The lowest BCUT2D eigenvalue weighted by molar-refractivity contribution is 0.579. The Bertz CT molecular complexity index is 501. The van der Waals surface area contributed by atoms with Crippen molar-refractivity contribution in [1.29, 1.82) is 0 Å². The minimum atomic E-state index is 0.363. The normalized spacial score (nSPS) is 10.9. The van der Waals surface area contributed by atoms with Gasteiger partial charge in [-0.15, -0.1) is 0 Å². The molecule has 86 valence electrons. The molecule has 0 aromatic carbocycles. The largest absolute Gasteiger partial charge is 0.443 e. The van der Waals surface area contributed by atoms with Crippen molar-refractivity contribution in [2.75, 3.05) is 5.73 Å². The highest BCUT2D eigenvalue weighted by molar-refractivity contribution is 6.28. The lowest BCUT2D eigenvalue weighted by Crippen LogP contribution is -1.99. The van der Waals surface area contributed by atoms with Gasteiger partial charge in [0.1, 0.15) is 11.5 Å². The molecule has 16 heavy (non-hydrogen) atoms. The number of furan rings is 1. The molecule has 2 aromatic rings. The number of nitrogens with two attached hydrogens (primary N) is 1. The maximum Gasteiger partial charge on any atom is 0.194 e. The highest BCUT2D eigenvalue weighted by Gasteiger charge is 2.17. The fraction of sp³-hybridized carbons (Fsp3) is 0.364. The average Bonchev–Trinajstić information content (AvgIpc) is 2.78. The molecule has 0 fully saturated rings. The summed E-state index contributed by atoms with van der Waals surface area (Å²) < 4.78 is 7.02. The van der Waals surface area contributed by atoms with Crippen LogP contribution in [0.15, 0.2) is 16.5 Å². The summed E-state index contributed by atoms with van der Waals surface area (Å²) in [6.07, 6.45) is 1.89. The molecule has 0 saturated carbocycles. The number of nitrogen functional groups attached to an aromatic ring is 1. The summed E-state index contributed by atoms with van der Waals surface area (Å²) in [5.41, 5.74) is 7.77. The molecule has 2 aromatic heterocycles. The van der Waals surface area contributed by atoms with Crippen LogP contribution in [-0.4, -0.2) is 9.78 Å². The number of hydrogen-bond acceptors (Lipinski definition) is 3. The average molecular weight is 240 g/mol. The fourth-order valence-electron chi connectivity index (χ4n) is 1.72. The molecule has 2 rings (SSSR count). The van der Waals surface area contributed by atoms with Gasteiger partial charge >= 0.3 is 0 Å². The Morgan fingerprint density at radius 2 is 2.25 bits per heavy atom. The number of aromatic nitrogens is 2. The van der Waals surface area contributed by atoms with Crippen LogP contribution in [0.1, 0.15) is 18.9 Å². The predicted molar refractivity (Wildman–Crippen MR) is 64.3 cm³/mol. The summed E-state index contributed by atoms with van der Waals surface area (Å²) in [6, 6.07) is 3.51. The topological polar surface area (TPSA) is 57.0 Å². The first-order valence-corrected chi connectivity index (χ1v) is 5.58. The molecule has 2 heterocycles. The lowest BCUT2D eigenvalue weighted by atomic mass is 10.1. The summed E-state index contributed by atoms with van der Waals surface area (Å²) >= 11 is 5.75. The Balaban J connectivity index is 2.51. The molecular formula is C11H14ClN3O. The van der Waals surface area contributed by atoms with Crippen LogP contribution in [0.5, 0.6) is 0 Å². The molecule has 5 heteroatoms. The molecule has 0 radical (unpaired) electrons. The Morgan fingerprint density at radius 3 is 2.81 bits per heavy atom. The van der Waals surface area contributed by atoms with Crippen molar-refractivity contribution >= 4 is 17.4 Å². The zero-order chi connectivity index (χ0) is 11.7. The van der Waals surface area contributed by atoms with Gasteiger partial charge in [-0.3, -0.25) is 4.68 Å². The van der Waals surface area contributed by atoms with Crippen molar-refractivity contribution in [1.82, 2.24) is 9.78 Å². The third-order valence-corrected chi connectivity index (χ3v) is 2.70. The maximum absolute atomic E-state index is 5.96. The summed E-state index contributed by atoms with van der Waals surface area (Å²) in [4.78, 5) is 0. The number of halogens is 1. The second kappa shape index (κ2) is 4.22. The highest BCUT2D eigenvalue weighted by atomic mass is 35.5. The van der Waals surface area contributed by atoms with Crippen LogP contribution >= 0.6 is 11.6 Å². The van der Waals surface area contributed by atoms with E-state index in [0.717, 1.165) is 24.1 Å². The minimum Gasteiger partial charge on any atom is -0.443 e. The van der Waals surface area contributed by atoms with Gasteiger partial charge in [0.25, 0.3) is 0 Å². The smallest absolute Gasteiger partial charge is 0.194 e. The van der Waals surface area contributed by atoms with Crippen molar-refractivity contribution in [2.24, 2.45) is 7.05 Å². The lowest BCUT2D eigenvalue weighted by Gasteiger charge is -1.99. The summed E-state index contributed by atoms with van der Waals surface area (Å²) in [7, 11) is 1.82. The quantitative estimate of drug-likeness (QED) is 0.896. The van der Waals surface area contributed by atoms with Gasteiger partial charge in [0.05, 0.1) is 0 Å². The van der Waals surface area contributed by atoms with Crippen molar-refractivity contribution in [3.8, 4) is 11.5 Å². The highest BCUT2D eigenvalue weighted by Crippen LogP contribution is 2.30. The van der Waals surface area contributed by atoms with Crippen LogP contribution in [0.4, 0.5) is 5.82 Å². The Labute approximate surface area is 99.0 Å². The summed E-state index contributed by atoms with van der Waals surface area (Å²) in [5.74, 6) is 1.35. The van der Waals surface area contributed by atoms with Gasteiger partial charge in [-0.05, 0) is 30.2 Å². The molecule has 0 unspecified atom stereocenters. The van der Waals surface area contributed by atoms with Gasteiger partial charge < -0.3 is 10.2 Å². The molecule has 0 bridgehead atoms. The van der Waals surface area contributed by atoms with Crippen LogP contribution in [-0.2, 0) is 13.5 Å². The van der Waals surface area contributed by atoms with Gasteiger partial charge in [-0.25, -0.2) is 0 Å². The van der Waals surface area contributed by atoms with E-state index in [0.29, 0.717) is 16.8 Å². The van der Waals surface area contributed by atoms with E-state index in [1.165, 1.54) is 0 Å². The van der Waals surface area contributed by atoms with E-state index < -0.39 is 0 Å². The van der Waals surface area contributed by atoms with Crippen LogP contribution in [0.3, 0.4) is 0 Å². The van der Waals surface area contributed by atoms with Gasteiger partial charge in [0.15, 0.2) is 11.0 Å². The molecular weight excluding hydrogens is 226 g/mol. The molecule has 0 saturated heterocycles.